The van der Waals surface area contributed by atoms with Gasteiger partial charge in [-0.25, -0.2) is 0 Å². The van der Waals surface area contributed by atoms with E-state index in [1.807, 2.05) is 36.2 Å². The predicted octanol–water partition coefficient (Wildman–Crippen LogP) is 2.17. The van der Waals surface area contributed by atoms with Gasteiger partial charge < -0.3 is 18.6 Å². The summed E-state index contributed by atoms with van der Waals surface area (Å²) in [4.78, 5) is 1.90. The molecule has 0 saturated heterocycles. The number of likely N-dealkylation sites (N-methyl/N-ethyl adjacent to an activating group) is 1. The molecule has 1 aliphatic heterocycles. The van der Waals surface area contributed by atoms with Gasteiger partial charge in [0, 0.05) is 13.1 Å². The minimum Gasteiger partial charge on any atom is -0.486 e. The average Bonchev–Trinajstić information content (AvgIpc) is 2.60. The highest BCUT2D eigenvalue weighted by atomic mass is 32.2. The Kier molecular flexibility index (Phi) is 5.45. The van der Waals surface area contributed by atoms with Gasteiger partial charge in [-0.15, -0.1) is 0 Å². The first-order valence-corrected chi connectivity index (χ1v) is 9.64. The van der Waals surface area contributed by atoms with Crippen LogP contribution in [0.3, 0.4) is 0 Å². The quantitative estimate of drug-likeness (QED) is 0.703. The van der Waals surface area contributed by atoms with E-state index < -0.39 is 10.1 Å². The Hall–Kier alpha value is -2.25. The number of nitrogens with zero attached hydrogens (tertiary/aromatic N) is 1. The normalized spacial score (nSPS) is 16.6. The van der Waals surface area contributed by atoms with Gasteiger partial charge in [-0.1, -0.05) is 30.3 Å². The summed E-state index contributed by atoms with van der Waals surface area (Å²) < 4.78 is 40.7. The second-order valence-electron chi connectivity index (χ2n) is 5.92. The Morgan fingerprint density at radius 2 is 1.76 bits per heavy atom. The first kappa shape index (κ1) is 17.6. The molecule has 25 heavy (non-hydrogen) atoms. The molecule has 1 unspecified atom stereocenters. The van der Waals surface area contributed by atoms with E-state index in [0.29, 0.717) is 31.2 Å². The third-order valence-electron chi connectivity index (χ3n) is 3.77. The van der Waals surface area contributed by atoms with Crippen LogP contribution in [0.2, 0.25) is 0 Å². The molecule has 1 aliphatic rings. The fourth-order valence-electron chi connectivity index (χ4n) is 2.52. The third-order valence-corrected chi connectivity index (χ3v) is 4.90. The van der Waals surface area contributed by atoms with E-state index in [9.17, 15) is 8.42 Å². The molecule has 2 aromatic rings. The summed E-state index contributed by atoms with van der Waals surface area (Å²) in [5, 5.41) is 0. The summed E-state index contributed by atoms with van der Waals surface area (Å²) in [5.74, 6) is 1.68. The minimum atomic E-state index is -3.63. The van der Waals surface area contributed by atoms with Gasteiger partial charge in [0.1, 0.15) is 18.5 Å². The van der Waals surface area contributed by atoms with Crippen LogP contribution in [-0.4, -0.2) is 51.9 Å². The van der Waals surface area contributed by atoms with Gasteiger partial charge in [-0.2, -0.15) is 8.42 Å². The third kappa shape index (κ3) is 5.11. The second kappa shape index (κ2) is 7.76. The molecule has 0 N–H and O–H groups in total. The number of para-hydroxylation sites is 3. The fraction of sp³-hybridized carbons (Fsp3) is 0.333. The van der Waals surface area contributed by atoms with Crippen molar-refractivity contribution >= 4 is 10.1 Å². The predicted molar refractivity (Wildman–Crippen MR) is 94.7 cm³/mol. The number of ether oxygens (including phenoxy) is 2. The lowest BCUT2D eigenvalue weighted by molar-refractivity contribution is 0.0668. The van der Waals surface area contributed by atoms with E-state index in [-0.39, 0.29) is 11.9 Å². The molecule has 0 aromatic heterocycles. The molecule has 0 amide bonds. The number of rotatable bonds is 7. The van der Waals surface area contributed by atoms with Crippen LogP contribution in [0, 0.1) is 0 Å². The van der Waals surface area contributed by atoms with Crippen molar-refractivity contribution in [2.45, 2.75) is 6.10 Å². The fourth-order valence-corrected chi connectivity index (χ4v) is 3.55. The molecule has 6 nitrogen and oxygen atoms in total. The molecular weight excluding hydrogens is 342 g/mol. The Labute approximate surface area is 148 Å². The Morgan fingerprint density at radius 3 is 2.52 bits per heavy atom. The standard InChI is InChI=1S/C18H21NO5S/c1-19(11-12-25(20,21)24-15-7-3-2-4-8-15)13-16-14-22-17-9-5-6-10-18(17)23-16/h2-10,16H,11-14H2,1H3. The van der Waals surface area contributed by atoms with Gasteiger partial charge >= 0.3 is 10.1 Å². The highest BCUT2D eigenvalue weighted by molar-refractivity contribution is 7.87. The largest absolute Gasteiger partial charge is 0.486 e. The highest BCUT2D eigenvalue weighted by Gasteiger charge is 2.23. The van der Waals surface area contributed by atoms with Gasteiger partial charge in [-0.3, -0.25) is 0 Å². The van der Waals surface area contributed by atoms with Crippen molar-refractivity contribution in [1.29, 1.82) is 0 Å². The van der Waals surface area contributed by atoms with E-state index in [4.69, 9.17) is 13.7 Å². The Bertz CT molecular complexity index is 794. The van der Waals surface area contributed by atoms with Crippen molar-refractivity contribution < 1.29 is 22.1 Å². The first-order valence-electron chi connectivity index (χ1n) is 8.06. The Balaban J connectivity index is 1.47. The summed E-state index contributed by atoms with van der Waals surface area (Å²) in [7, 11) is -1.78. The van der Waals surface area contributed by atoms with E-state index in [1.165, 1.54) is 0 Å². The van der Waals surface area contributed by atoms with E-state index in [1.54, 1.807) is 30.3 Å². The highest BCUT2D eigenvalue weighted by Crippen LogP contribution is 2.30. The molecule has 0 aliphatic carbocycles. The van der Waals surface area contributed by atoms with E-state index in [0.717, 1.165) is 5.75 Å². The lowest BCUT2D eigenvalue weighted by Crippen LogP contribution is -2.41. The second-order valence-corrected chi connectivity index (χ2v) is 7.61. The van der Waals surface area contributed by atoms with Crippen LogP contribution >= 0.6 is 0 Å². The topological polar surface area (TPSA) is 65.1 Å². The molecule has 0 bridgehead atoms. The first-order chi connectivity index (χ1) is 12.0. The van der Waals surface area contributed by atoms with Crippen LogP contribution < -0.4 is 13.7 Å². The van der Waals surface area contributed by atoms with Crippen molar-refractivity contribution in [2.75, 3.05) is 32.5 Å². The lowest BCUT2D eigenvalue weighted by atomic mass is 10.2. The van der Waals surface area contributed by atoms with E-state index in [2.05, 4.69) is 0 Å². The van der Waals surface area contributed by atoms with Crippen molar-refractivity contribution in [3.63, 3.8) is 0 Å². The van der Waals surface area contributed by atoms with Gasteiger partial charge in [-0.05, 0) is 31.3 Å². The van der Waals surface area contributed by atoms with E-state index >= 15 is 0 Å². The molecular formula is C18H21NO5S. The lowest BCUT2D eigenvalue weighted by Gasteiger charge is -2.29. The molecule has 3 rings (SSSR count). The smallest absolute Gasteiger partial charge is 0.310 e. The summed E-state index contributed by atoms with van der Waals surface area (Å²) in [5.41, 5.74) is 0. The molecule has 134 valence electrons. The zero-order valence-corrected chi connectivity index (χ0v) is 14.8. The molecule has 1 atom stereocenters. The molecule has 0 fully saturated rings. The maximum atomic E-state index is 12.1. The van der Waals surface area contributed by atoms with Crippen LogP contribution in [0.15, 0.2) is 54.6 Å². The number of benzene rings is 2. The molecule has 2 aromatic carbocycles. The van der Waals surface area contributed by atoms with Gasteiger partial charge in [0.15, 0.2) is 11.5 Å². The minimum absolute atomic E-state index is 0.0947. The summed E-state index contributed by atoms with van der Waals surface area (Å²) in [6.45, 7) is 1.35. The SMILES string of the molecule is CN(CCS(=O)(=O)Oc1ccccc1)CC1COc2ccccc2O1. The average molecular weight is 363 g/mol. The number of fused-ring (bicyclic) bond motifs is 1. The number of hydrogen-bond acceptors (Lipinski definition) is 6. The van der Waals surface area contributed by atoms with Gasteiger partial charge in [0.25, 0.3) is 0 Å². The summed E-state index contributed by atoms with van der Waals surface area (Å²) in [6, 6.07) is 16.0. The molecule has 7 heteroatoms. The van der Waals surface area contributed by atoms with Crippen LogP contribution in [0.5, 0.6) is 17.2 Å². The molecule has 0 spiro atoms. The van der Waals surface area contributed by atoms with Gasteiger partial charge in [0.05, 0.1) is 5.75 Å². The number of hydrogen-bond donors (Lipinski definition) is 0. The van der Waals surface area contributed by atoms with Crippen molar-refractivity contribution in [3.05, 3.63) is 54.6 Å². The van der Waals surface area contributed by atoms with Crippen LogP contribution in [0.1, 0.15) is 0 Å². The van der Waals surface area contributed by atoms with Gasteiger partial charge in [0.2, 0.25) is 0 Å². The molecule has 0 radical (unpaired) electrons. The Morgan fingerprint density at radius 1 is 1.08 bits per heavy atom. The van der Waals surface area contributed by atoms with Crippen LogP contribution in [0.4, 0.5) is 0 Å². The van der Waals surface area contributed by atoms with Crippen molar-refractivity contribution in [2.24, 2.45) is 0 Å². The summed E-state index contributed by atoms with van der Waals surface area (Å²) >= 11 is 0. The maximum absolute atomic E-state index is 12.1. The van der Waals surface area contributed by atoms with Crippen molar-refractivity contribution in [3.8, 4) is 17.2 Å². The zero-order chi connectivity index (χ0) is 17.7. The zero-order valence-electron chi connectivity index (χ0n) is 14.0. The van der Waals surface area contributed by atoms with Crippen molar-refractivity contribution in [1.82, 2.24) is 4.90 Å². The maximum Gasteiger partial charge on any atom is 0.310 e. The monoisotopic (exact) mass is 363 g/mol. The molecule has 0 saturated carbocycles. The van der Waals surface area contributed by atoms with Crippen LogP contribution in [-0.2, 0) is 10.1 Å². The molecule has 1 heterocycles. The summed E-state index contributed by atoms with van der Waals surface area (Å²) in [6.07, 6.45) is -0.141. The van der Waals surface area contributed by atoms with Crippen LogP contribution in [0.25, 0.3) is 0 Å².